The Morgan fingerprint density at radius 1 is 0.909 bits per heavy atom. The van der Waals surface area contributed by atoms with E-state index in [2.05, 4.69) is 22.3 Å². The van der Waals surface area contributed by atoms with Crippen LogP contribution in [0.15, 0.2) is 71.8 Å². The van der Waals surface area contributed by atoms with E-state index in [1.807, 2.05) is 54.6 Å². The number of benzene rings is 2. The Balaban J connectivity index is 1.69. The Labute approximate surface area is 134 Å². The van der Waals surface area contributed by atoms with Crippen molar-refractivity contribution in [3.8, 4) is 17.0 Å². The van der Waals surface area contributed by atoms with Crippen LogP contribution in [0.2, 0.25) is 0 Å². The first-order valence-electron chi connectivity index (χ1n) is 7.00. The first kappa shape index (κ1) is 14.6. The Hall–Kier alpha value is -2.33. The molecule has 0 atom stereocenters. The van der Waals surface area contributed by atoms with Crippen LogP contribution < -0.4 is 4.74 Å². The molecule has 0 aliphatic rings. The highest BCUT2D eigenvalue weighted by atomic mass is 32.2. The number of methoxy groups -OCH3 is 1. The van der Waals surface area contributed by atoms with Crippen molar-refractivity contribution in [1.82, 2.24) is 10.2 Å². The second-order valence-electron chi connectivity index (χ2n) is 4.76. The predicted molar refractivity (Wildman–Crippen MR) is 90.0 cm³/mol. The van der Waals surface area contributed by atoms with E-state index in [0.717, 1.165) is 27.8 Å². The molecule has 22 heavy (non-hydrogen) atoms. The van der Waals surface area contributed by atoms with Gasteiger partial charge in [0.2, 0.25) is 0 Å². The van der Waals surface area contributed by atoms with Crippen molar-refractivity contribution >= 4 is 11.8 Å². The predicted octanol–water partition coefficient (Wildman–Crippen LogP) is 4.44. The third-order valence-corrected chi connectivity index (χ3v) is 4.23. The fourth-order valence-corrected chi connectivity index (χ4v) is 2.83. The molecule has 3 rings (SSSR count). The van der Waals surface area contributed by atoms with E-state index in [1.54, 1.807) is 18.9 Å². The van der Waals surface area contributed by atoms with Crippen molar-refractivity contribution in [2.24, 2.45) is 0 Å². The molecule has 2 aromatic carbocycles. The monoisotopic (exact) mass is 308 g/mol. The minimum Gasteiger partial charge on any atom is -0.497 e. The third-order valence-electron chi connectivity index (χ3n) is 3.24. The molecular weight excluding hydrogens is 292 g/mol. The molecule has 0 spiro atoms. The number of hydrogen-bond donors (Lipinski definition) is 0. The molecule has 0 aliphatic heterocycles. The van der Waals surface area contributed by atoms with Crippen LogP contribution in [0.25, 0.3) is 11.3 Å². The lowest BCUT2D eigenvalue weighted by molar-refractivity contribution is 0.415. The maximum Gasteiger partial charge on any atom is 0.119 e. The summed E-state index contributed by atoms with van der Waals surface area (Å²) < 4.78 is 5.24. The standard InChI is InChI=1S/C18H16N2OS/c1-21-16-9-5-8-15(12-16)17-10-11-18(20-19-17)22-13-14-6-3-2-4-7-14/h2-12H,13H2,1H3. The Morgan fingerprint density at radius 2 is 1.77 bits per heavy atom. The summed E-state index contributed by atoms with van der Waals surface area (Å²) in [6, 6.07) is 22.2. The van der Waals surface area contributed by atoms with Crippen LogP contribution in [-0.2, 0) is 5.75 Å². The number of ether oxygens (including phenoxy) is 1. The molecule has 4 heteroatoms. The average molecular weight is 308 g/mol. The van der Waals surface area contributed by atoms with E-state index in [1.165, 1.54) is 5.56 Å². The summed E-state index contributed by atoms with van der Waals surface area (Å²) in [6.45, 7) is 0. The first-order chi connectivity index (χ1) is 10.8. The van der Waals surface area contributed by atoms with E-state index in [-0.39, 0.29) is 0 Å². The number of aromatic nitrogens is 2. The minimum absolute atomic E-state index is 0.821. The van der Waals surface area contributed by atoms with Gasteiger partial charge in [-0.2, -0.15) is 0 Å². The van der Waals surface area contributed by atoms with Crippen LogP contribution in [0, 0.1) is 0 Å². The largest absolute Gasteiger partial charge is 0.497 e. The molecular formula is C18H16N2OS. The van der Waals surface area contributed by atoms with Gasteiger partial charge >= 0.3 is 0 Å². The lowest BCUT2D eigenvalue weighted by Gasteiger charge is -2.04. The fraction of sp³-hybridized carbons (Fsp3) is 0.111. The van der Waals surface area contributed by atoms with Crippen LogP contribution in [0.1, 0.15) is 5.56 Å². The molecule has 0 bridgehead atoms. The highest BCUT2D eigenvalue weighted by Gasteiger charge is 2.03. The summed E-state index contributed by atoms with van der Waals surface area (Å²) in [5.74, 6) is 1.72. The van der Waals surface area contributed by atoms with E-state index < -0.39 is 0 Å². The van der Waals surface area contributed by atoms with Gasteiger partial charge in [0, 0.05) is 11.3 Å². The van der Waals surface area contributed by atoms with E-state index in [0.29, 0.717) is 0 Å². The second kappa shape index (κ2) is 7.09. The molecule has 0 radical (unpaired) electrons. The van der Waals surface area contributed by atoms with Gasteiger partial charge in [-0.25, -0.2) is 0 Å². The van der Waals surface area contributed by atoms with E-state index in [4.69, 9.17) is 4.74 Å². The van der Waals surface area contributed by atoms with Gasteiger partial charge in [0.1, 0.15) is 10.8 Å². The smallest absolute Gasteiger partial charge is 0.119 e. The average Bonchev–Trinajstić information content (AvgIpc) is 2.61. The van der Waals surface area contributed by atoms with Gasteiger partial charge in [-0.15, -0.1) is 10.2 Å². The molecule has 1 aromatic heterocycles. The summed E-state index contributed by atoms with van der Waals surface area (Å²) in [6.07, 6.45) is 0. The van der Waals surface area contributed by atoms with Gasteiger partial charge in [-0.3, -0.25) is 0 Å². The molecule has 3 nitrogen and oxygen atoms in total. The van der Waals surface area contributed by atoms with Crippen molar-refractivity contribution in [2.75, 3.05) is 7.11 Å². The molecule has 110 valence electrons. The summed E-state index contributed by atoms with van der Waals surface area (Å²) in [4.78, 5) is 0. The fourth-order valence-electron chi connectivity index (χ4n) is 2.06. The van der Waals surface area contributed by atoms with Crippen LogP contribution in [0.4, 0.5) is 0 Å². The number of nitrogens with zero attached hydrogens (tertiary/aromatic N) is 2. The van der Waals surface area contributed by atoms with Crippen LogP contribution in [-0.4, -0.2) is 17.3 Å². The lowest BCUT2D eigenvalue weighted by atomic mass is 10.1. The summed E-state index contributed by atoms with van der Waals surface area (Å²) in [7, 11) is 1.66. The summed E-state index contributed by atoms with van der Waals surface area (Å²) >= 11 is 1.69. The molecule has 0 aliphatic carbocycles. The van der Waals surface area contributed by atoms with Crippen molar-refractivity contribution in [3.63, 3.8) is 0 Å². The topological polar surface area (TPSA) is 35.0 Å². The maximum absolute atomic E-state index is 5.24. The second-order valence-corrected chi connectivity index (χ2v) is 5.76. The van der Waals surface area contributed by atoms with Crippen LogP contribution >= 0.6 is 11.8 Å². The van der Waals surface area contributed by atoms with Crippen molar-refractivity contribution in [1.29, 1.82) is 0 Å². The van der Waals surface area contributed by atoms with Crippen LogP contribution in [0.5, 0.6) is 5.75 Å². The van der Waals surface area contributed by atoms with Gasteiger partial charge in [-0.05, 0) is 29.8 Å². The maximum atomic E-state index is 5.24. The highest BCUT2D eigenvalue weighted by molar-refractivity contribution is 7.98. The molecule has 3 aromatic rings. The quantitative estimate of drug-likeness (QED) is 0.653. The number of hydrogen-bond acceptors (Lipinski definition) is 4. The van der Waals surface area contributed by atoms with Gasteiger partial charge in [0.25, 0.3) is 0 Å². The molecule has 1 heterocycles. The SMILES string of the molecule is COc1cccc(-c2ccc(SCc3ccccc3)nn2)c1. The molecule has 0 fully saturated rings. The normalized spacial score (nSPS) is 10.4. The summed E-state index contributed by atoms with van der Waals surface area (Å²) in [5, 5.41) is 9.53. The number of rotatable bonds is 5. The molecule has 0 unspecified atom stereocenters. The number of thioether (sulfide) groups is 1. The molecule has 0 N–H and O–H groups in total. The highest BCUT2D eigenvalue weighted by Crippen LogP contribution is 2.24. The van der Waals surface area contributed by atoms with Crippen LogP contribution in [0.3, 0.4) is 0 Å². The third kappa shape index (κ3) is 3.65. The van der Waals surface area contributed by atoms with Gasteiger partial charge in [-0.1, -0.05) is 54.2 Å². The van der Waals surface area contributed by atoms with Gasteiger partial charge < -0.3 is 4.74 Å². The van der Waals surface area contributed by atoms with Crippen molar-refractivity contribution < 1.29 is 4.74 Å². The zero-order chi connectivity index (χ0) is 15.2. The molecule has 0 amide bonds. The summed E-state index contributed by atoms with van der Waals surface area (Å²) in [5.41, 5.74) is 3.14. The molecule has 0 saturated heterocycles. The van der Waals surface area contributed by atoms with Gasteiger partial charge in [0.05, 0.1) is 12.8 Å². The Morgan fingerprint density at radius 3 is 2.50 bits per heavy atom. The zero-order valence-corrected chi connectivity index (χ0v) is 13.1. The lowest BCUT2D eigenvalue weighted by Crippen LogP contribution is -1.91. The van der Waals surface area contributed by atoms with Gasteiger partial charge in [0.15, 0.2) is 0 Å². The van der Waals surface area contributed by atoms with E-state index in [9.17, 15) is 0 Å². The minimum atomic E-state index is 0.821. The molecule has 0 saturated carbocycles. The van der Waals surface area contributed by atoms with E-state index >= 15 is 0 Å². The Kier molecular flexibility index (Phi) is 4.71. The van der Waals surface area contributed by atoms with Crippen molar-refractivity contribution in [2.45, 2.75) is 10.8 Å². The van der Waals surface area contributed by atoms with Crippen molar-refractivity contribution in [3.05, 3.63) is 72.3 Å². The first-order valence-corrected chi connectivity index (χ1v) is 7.98. The Bertz CT molecular complexity index is 730. The zero-order valence-electron chi connectivity index (χ0n) is 12.3.